The van der Waals surface area contributed by atoms with Gasteiger partial charge in [-0.25, -0.2) is 9.67 Å². The predicted octanol–water partition coefficient (Wildman–Crippen LogP) is 2.22. The summed E-state index contributed by atoms with van der Waals surface area (Å²) in [6, 6.07) is 12.1. The van der Waals surface area contributed by atoms with Crippen molar-refractivity contribution in [1.29, 1.82) is 0 Å². The summed E-state index contributed by atoms with van der Waals surface area (Å²) in [7, 11) is 1.84. The minimum absolute atomic E-state index is 0.521. The first-order valence-corrected chi connectivity index (χ1v) is 5.39. The number of aromatic nitrogens is 3. The number of nitrogens with two attached hydrogens (primary N) is 1. The van der Waals surface area contributed by atoms with Gasteiger partial charge in [0.05, 0.1) is 5.39 Å². The summed E-state index contributed by atoms with van der Waals surface area (Å²) in [4.78, 5) is 4.40. The molecule has 0 radical (unpaired) electrons. The van der Waals surface area contributed by atoms with Crippen LogP contribution in [0.25, 0.3) is 22.2 Å². The molecule has 4 heteroatoms. The van der Waals surface area contributed by atoms with Crippen LogP contribution in [-0.2, 0) is 7.05 Å². The smallest absolute Gasteiger partial charge is 0.159 e. The van der Waals surface area contributed by atoms with Gasteiger partial charge in [0.25, 0.3) is 0 Å². The highest BCUT2D eigenvalue weighted by Gasteiger charge is 2.08. The fourth-order valence-electron chi connectivity index (χ4n) is 1.96. The molecule has 4 nitrogen and oxygen atoms in total. The zero-order valence-electron chi connectivity index (χ0n) is 9.46. The first-order valence-electron chi connectivity index (χ1n) is 5.39. The molecule has 2 N–H and O–H groups in total. The quantitative estimate of drug-likeness (QED) is 0.689. The molecule has 0 fully saturated rings. The Balaban J connectivity index is 2.24. The number of hydrogen-bond acceptors (Lipinski definition) is 3. The molecule has 0 aliphatic rings. The molecular weight excluding hydrogens is 212 g/mol. The number of hydrogen-bond donors (Lipinski definition) is 1. The number of fused-ring (bicyclic) bond motifs is 1. The minimum Gasteiger partial charge on any atom is -0.382 e. The van der Waals surface area contributed by atoms with Crippen molar-refractivity contribution in [2.45, 2.75) is 0 Å². The third-order valence-corrected chi connectivity index (χ3v) is 2.81. The van der Waals surface area contributed by atoms with Crippen molar-refractivity contribution in [2.75, 3.05) is 5.73 Å². The molecule has 3 aromatic rings. The van der Waals surface area contributed by atoms with Crippen molar-refractivity contribution >= 4 is 16.9 Å². The second-order valence-electron chi connectivity index (χ2n) is 3.97. The van der Waals surface area contributed by atoms with E-state index in [-0.39, 0.29) is 0 Å². The summed E-state index contributed by atoms with van der Waals surface area (Å²) in [5.74, 6) is 0.521. The SMILES string of the molecule is Cn1nc(N)c2cc(-c3ccccc3)cnc21. The Labute approximate surface area is 98.7 Å². The van der Waals surface area contributed by atoms with Gasteiger partial charge in [0.1, 0.15) is 0 Å². The highest BCUT2D eigenvalue weighted by Crippen LogP contribution is 2.25. The van der Waals surface area contributed by atoms with E-state index in [0.717, 1.165) is 22.2 Å². The predicted molar refractivity (Wildman–Crippen MR) is 68.4 cm³/mol. The van der Waals surface area contributed by atoms with E-state index in [4.69, 9.17) is 5.73 Å². The lowest BCUT2D eigenvalue weighted by atomic mass is 10.1. The molecule has 0 aliphatic carbocycles. The maximum atomic E-state index is 5.85. The Hall–Kier alpha value is -2.36. The van der Waals surface area contributed by atoms with Gasteiger partial charge in [-0.15, -0.1) is 0 Å². The van der Waals surface area contributed by atoms with Crippen molar-refractivity contribution in [3.8, 4) is 11.1 Å². The molecule has 0 spiro atoms. The number of aryl methyl sites for hydroxylation is 1. The van der Waals surface area contributed by atoms with Crippen LogP contribution in [0.1, 0.15) is 0 Å². The molecule has 0 unspecified atom stereocenters. The molecule has 2 heterocycles. The fourth-order valence-corrected chi connectivity index (χ4v) is 1.96. The zero-order chi connectivity index (χ0) is 11.8. The summed E-state index contributed by atoms with van der Waals surface area (Å²) in [6.07, 6.45) is 1.85. The van der Waals surface area contributed by atoms with Crippen LogP contribution in [0.5, 0.6) is 0 Å². The molecule has 84 valence electrons. The summed E-state index contributed by atoms with van der Waals surface area (Å²) in [5.41, 5.74) is 8.84. The van der Waals surface area contributed by atoms with E-state index in [0.29, 0.717) is 5.82 Å². The van der Waals surface area contributed by atoms with Gasteiger partial charge in [-0.2, -0.15) is 5.10 Å². The Kier molecular flexibility index (Phi) is 2.08. The highest BCUT2D eigenvalue weighted by molar-refractivity contribution is 5.89. The van der Waals surface area contributed by atoms with Crippen LogP contribution in [0.15, 0.2) is 42.6 Å². The van der Waals surface area contributed by atoms with Gasteiger partial charge < -0.3 is 5.73 Å². The Bertz CT molecular complexity index is 670. The number of rotatable bonds is 1. The van der Waals surface area contributed by atoms with Gasteiger partial charge in [-0.05, 0) is 11.6 Å². The maximum Gasteiger partial charge on any atom is 0.159 e. The second-order valence-corrected chi connectivity index (χ2v) is 3.97. The third-order valence-electron chi connectivity index (χ3n) is 2.81. The van der Waals surface area contributed by atoms with Gasteiger partial charge in [0.2, 0.25) is 0 Å². The molecule has 2 aromatic heterocycles. The molecule has 3 rings (SSSR count). The van der Waals surface area contributed by atoms with Crippen molar-refractivity contribution in [3.05, 3.63) is 42.6 Å². The van der Waals surface area contributed by atoms with Crippen molar-refractivity contribution in [3.63, 3.8) is 0 Å². The average molecular weight is 224 g/mol. The van der Waals surface area contributed by atoms with Crippen LogP contribution in [0, 0.1) is 0 Å². The lowest BCUT2D eigenvalue weighted by Gasteiger charge is -2.01. The molecule has 0 bridgehead atoms. The lowest BCUT2D eigenvalue weighted by Crippen LogP contribution is -1.92. The van der Waals surface area contributed by atoms with Gasteiger partial charge >= 0.3 is 0 Å². The van der Waals surface area contributed by atoms with E-state index < -0.39 is 0 Å². The monoisotopic (exact) mass is 224 g/mol. The number of anilines is 1. The third kappa shape index (κ3) is 1.54. The molecule has 0 saturated heterocycles. The largest absolute Gasteiger partial charge is 0.382 e. The van der Waals surface area contributed by atoms with Gasteiger partial charge in [0.15, 0.2) is 11.5 Å². The molecule has 1 aromatic carbocycles. The van der Waals surface area contributed by atoms with Crippen molar-refractivity contribution in [1.82, 2.24) is 14.8 Å². The molecular formula is C13H12N4. The number of nitrogen functional groups attached to an aromatic ring is 1. The summed E-state index contributed by atoms with van der Waals surface area (Å²) >= 11 is 0. The van der Waals surface area contributed by atoms with E-state index in [1.165, 1.54) is 0 Å². The van der Waals surface area contributed by atoms with Crippen LogP contribution in [-0.4, -0.2) is 14.8 Å². The first-order chi connectivity index (χ1) is 8.25. The van der Waals surface area contributed by atoms with Gasteiger partial charge in [-0.1, -0.05) is 30.3 Å². The zero-order valence-corrected chi connectivity index (χ0v) is 9.46. The molecule has 0 saturated carbocycles. The lowest BCUT2D eigenvalue weighted by molar-refractivity contribution is 0.791. The van der Waals surface area contributed by atoms with Gasteiger partial charge in [-0.3, -0.25) is 0 Å². The van der Waals surface area contributed by atoms with E-state index >= 15 is 0 Å². The van der Waals surface area contributed by atoms with Crippen molar-refractivity contribution in [2.24, 2.45) is 7.05 Å². The highest BCUT2D eigenvalue weighted by atomic mass is 15.3. The topological polar surface area (TPSA) is 56.7 Å². The van der Waals surface area contributed by atoms with Gasteiger partial charge in [0, 0.05) is 18.8 Å². The van der Waals surface area contributed by atoms with Crippen LogP contribution < -0.4 is 5.73 Å². The summed E-state index contributed by atoms with van der Waals surface area (Å²) < 4.78 is 1.69. The molecule has 0 aliphatic heterocycles. The Morgan fingerprint density at radius 1 is 1.12 bits per heavy atom. The second kappa shape index (κ2) is 3.59. The van der Waals surface area contributed by atoms with Crippen LogP contribution >= 0.6 is 0 Å². The minimum atomic E-state index is 0.521. The molecule has 17 heavy (non-hydrogen) atoms. The Morgan fingerprint density at radius 3 is 2.65 bits per heavy atom. The average Bonchev–Trinajstić information content (AvgIpc) is 2.66. The maximum absolute atomic E-state index is 5.85. The summed E-state index contributed by atoms with van der Waals surface area (Å²) in [5, 5.41) is 5.05. The normalized spacial score (nSPS) is 10.9. The van der Waals surface area contributed by atoms with Crippen LogP contribution in [0.4, 0.5) is 5.82 Å². The fraction of sp³-hybridized carbons (Fsp3) is 0.0769. The summed E-state index contributed by atoms with van der Waals surface area (Å²) in [6.45, 7) is 0. The first kappa shape index (κ1) is 9.84. The van der Waals surface area contributed by atoms with E-state index in [1.54, 1.807) is 4.68 Å². The molecule has 0 amide bonds. The number of pyridine rings is 1. The number of benzene rings is 1. The van der Waals surface area contributed by atoms with E-state index in [1.807, 2.05) is 37.5 Å². The molecule has 0 atom stereocenters. The standard InChI is InChI=1S/C13H12N4/c1-17-13-11(12(14)16-17)7-10(8-15-13)9-5-3-2-4-6-9/h2-8H,1H3,(H2,14,16). The Morgan fingerprint density at radius 2 is 1.88 bits per heavy atom. The number of nitrogens with zero attached hydrogens (tertiary/aromatic N) is 3. The van der Waals surface area contributed by atoms with Crippen LogP contribution in [0.2, 0.25) is 0 Å². The van der Waals surface area contributed by atoms with Crippen molar-refractivity contribution < 1.29 is 0 Å². The van der Waals surface area contributed by atoms with E-state index in [9.17, 15) is 0 Å². The van der Waals surface area contributed by atoms with E-state index in [2.05, 4.69) is 22.2 Å². The van der Waals surface area contributed by atoms with Crippen LogP contribution in [0.3, 0.4) is 0 Å².